The molecule has 0 radical (unpaired) electrons. The molecule has 0 aliphatic heterocycles. The first-order chi connectivity index (χ1) is 12.5. The third-order valence-electron chi connectivity index (χ3n) is 9.31. The maximum atomic E-state index is 11.8. The molecule has 2 nitrogen and oxygen atoms in total. The van der Waals surface area contributed by atoms with Crippen LogP contribution in [0, 0.1) is 28.6 Å². The van der Waals surface area contributed by atoms with Crippen molar-refractivity contribution in [3.63, 3.8) is 0 Å². The van der Waals surface area contributed by atoms with Gasteiger partial charge in [-0.2, -0.15) is 0 Å². The Kier molecular flexibility index (Phi) is 3.71. The molecule has 0 saturated heterocycles. The molecule has 1 aromatic heterocycles. The van der Waals surface area contributed by atoms with Gasteiger partial charge in [-0.3, -0.25) is 4.98 Å². The van der Waals surface area contributed by atoms with E-state index >= 15 is 0 Å². The Morgan fingerprint density at radius 2 is 1.92 bits per heavy atom. The van der Waals surface area contributed by atoms with Crippen molar-refractivity contribution in [1.29, 1.82) is 0 Å². The number of allylic oxidation sites excluding steroid dienone is 2. The molecule has 0 spiro atoms. The molecule has 6 atom stereocenters. The van der Waals surface area contributed by atoms with Crippen LogP contribution in [-0.4, -0.2) is 10.1 Å². The summed E-state index contributed by atoms with van der Waals surface area (Å²) >= 11 is 0. The molecule has 0 amide bonds. The summed E-state index contributed by atoms with van der Waals surface area (Å²) in [6.07, 6.45) is 17.6. The predicted molar refractivity (Wildman–Crippen MR) is 104 cm³/mol. The average Bonchev–Trinajstić information content (AvgIpc) is 2.94. The zero-order valence-corrected chi connectivity index (χ0v) is 16.4. The molecule has 1 aromatic rings. The summed E-state index contributed by atoms with van der Waals surface area (Å²) in [5, 5.41) is 11.8. The van der Waals surface area contributed by atoms with E-state index in [4.69, 9.17) is 0 Å². The number of aliphatic hydroxyl groups is 1. The molecule has 0 bridgehead atoms. The second kappa shape index (κ2) is 5.67. The first kappa shape index (κ1) is 17.0. The number of fused-ring (bicyclic) bond motifs is 5. The van der Waals surface area contributed by atoms with Crippen LogP contribution >= 0.6 is 0 Å². The molecule has 140 valence electrons. The third kappa shape index (κ3) is 2.06. The molecular weight excluding hydrogens is 318 g/mol. The highest BCUT2D eigenvalue weighted by Gasteiger charge is 2.63. The molecule has 3 saturated carbocycles. The lowest BCUT2D eigenvalue weighted by atomic mass is 9.47. The van der Waals surface area contributed by atoms with Crippen LogP contribution in [0.5, 0.6) is 0 Å². The molecule has 3 fully saturated rings. The third-order valence-corrected chi connectivity index (χ3v) is 9.31. The Morgan fingerprint density at radius 1 is 1.08 bits per heavy atom. The summed E-state index contributed by atoms with van der Waals surface area (Å²) in [6, 6.07) is 4.07. The van der Waals surface area contributed by atoms with E-state index in [0.29, 0.717) is 11.3 Å². The molecule has 4 aliphatic rings. The fourth-order valence-corrected chi connectivity index (χ4v) is 7.80. The monoisotopic (exact) mass is 351 g/mol. The van der Waals surface area contributed by atoms with E-state index < -0.39 is 5.60 Å². The van der Waals surface area contributed by atoms with Crippen LogP contribution in [0.15, 0.2) is 36.2 Å². The molecule has 26 heavy (non-hydrogen) atoms. The number of pyridine rings is 1. The standard InChI is InChI=1S/C24H33NO/c1-22-12-4-3-6-17(22)8-9-19-20(22)10-13-23(2)21(19)11-14-24(23,26)18-7-5-15-25-16-18/h5,7-8,15-16,19-21,26H,3-4,6,9-14H2,1-2H3/t19?,20?,21?,22-,23-,24?/m0/s1. The zero-order chi connectivity index (χ0) is 18.0. The minimum atomic E-state index is -0.700. The van der Waals surface area contributed by atoms with E-state index in [2.05, 4.69) is 31.0 Å². The second-order valence-electron chi connectivity index (χ2n) is 10.1. The van der Waals surface area contributed by atoms with E-state index in [0.717, 1.165) is 30.2 Å². The molecular formula is C24H33NO. The van der Waals surface area contributed by atoms with E-state index in [1.165, 1.54) is 44.9 Å². The van der Waals surface area contributed by atoms with Crippen LogP contribution < -0.4 is 0 Å². The van der Waals surface area contributed by atoms with Gasteiger partial charge in [-0.25, -0.2) is 0 Å². The first-order valence-electron chi connectivity index (χ1n) is 10.8. The lowest BCUT2D eigenvalue weighted by Gasteiger charge is -2.58. The Labute approximate surface area is 158 Å². The van der Waals surface area contributed by atoms with E-state index in [1.54, 1.807) is 5.57 Å². The Hall–Kier alpha value is -1.15. The summed E-state index contributed by atoms with van der Waals surface area (Å²) in [4.78, 5) is 4.32. The Morgan fingerprint density at radius 3 is 2.73 bits per heavy atom. The van der Waals surface area contributed by atoms with Crippen LogP contribution in [0.2, 0.25) is 0 Å². The van der Waals surface area contributed by atoms with Crippen molar-refractivity contribution in [1.82, 2.24) is 4.98 Å². The highest BCUT2D eigenvalue weighted by molar-refractivity contribution is 5.29. The summed E-state index contributed by atoms with van der Waals surface area (Å²) in [7, 11) is 0. The SMILES string of the molecule is C[C@]12CCCCC1=CCC1C2CC[C@@]2(C)C1CCC2(O)c1cccnc1. The highest BCUT2D eigenvalue weighted by Crippen LogP contribution is 2.69. The van der Waals surface area contributed by atoms with Gasteiger partial charge in [0.2, 0.25) is 0 Å². The van der Waals surface area contributed by atoms with E-state index in [-0.39, 0.29) is 5.41 Å². The number of aromatic nitrogens is 1. The maximum Gasteiger partial charge on any atom is 0.0967 e. The van der Waals surface area contributed by atoms with Gasteiger partial charge in [-0.05, 0) is 80.6 Å². The Balaban J connectivity index is 1.52. The van der Waals surface area contributed by atoms with Crippen LogP contribution in [0.4, 0.5) is 0 Å². The van der Waals surface area contributed by atoms with Crippen molar-refractivity contribution in [2.75, 3.05) is 0 Å². The van der Waals surface area contributed by atoms with E-state index in [9.17, 15) is 5.11 Å². The van der Waals surface area contributed by atoms with Gasteiger partial charge in [-0.15, -0.1) is 0 Å². The Bertz CT molecular complexity index is 727. The summed E-state index contributed by atoms with van der Waals surface area (Å²) < 4.78 is 0. The topological polar surface area (TPSA) is 33.1 Å². The van der Waals surface area contributed by atoms with Crippen molar-refractivity contribution in [2.24, 2.45) is 28.6 Å². The van der Waals surface area contributed by atoms with Crippen molar-refractivity contribution in [3.05, 3.63) is 41.7 Å². The molecule has 5 rings (SSSR count). The fraction of sp³-hybridized carbons (Fsp3) is 0.708. The average molecular weight is 352 g/mol. The van der Waals surface area contributed by atoms with Crippen molar-refractivity contribution in [3.8, 4) is 0 Å². The lowest BCUT2D eigenvalue weighted by molar-refractivity contribution is -0.128. The minimum Gasteiger partial charge on any atom is -0.385 e. The normalized spacial score (nSPS) is 47.5. The number of hydrogen-bond donors (Lipinski definition) is 1. The largest absolute Gasteiger partial charge is 0.385 e. The fourth-order valence-electron chi connectivity index (χ4n) is 7.80. The molecule has 0 aromatic carbocycles. The van der Waals surface area contributed by atoms with Crippen molar-refractivity contribution < 1.29 is 5.11 Å². The summed E-state index contributed by atoms with van der Waals surface area (Å²) in [5.41, 5.74) is 2.55. The van der Waals surface area contributed by atoms with Crippen molar-refractivity contribution >= 4 is 0 Å². The van der Waals surface area contributed by atoms with Gasteiger partial charge in [-0.1, -0.05) is 38.0 Å². The molecule has 4 unspecified atom stereocenters. The summed E-state index contributed by atoms with van der Waals surface area (Å²) in [5.74, 6) is 2.23. The maximum absolute atomic E-state index is 11.8. The van der Waals surface area contributed by atoms with Crippen LogP contribution in [-0.2, 0) is 5.60 Å². The quantitative estimate of drug-likeness (QED) is 0.666. The van der Waals surface area contributed by atoms with Gasteiger partial charge in [0, 0.05) is 23.4 Å². The highest BCUT2D eigenvalue weighted by atomic mass is 16.3. The van der Waals surface area contributed by atoms with Crippen LogP contribution in [0.1, 0.15) is 77.2 Å². The molecule has 4 aliphatic carbocycles. The number of rotatable bonds is 1. The van der Waals surface area contributed by atoms with Gasteiger partial charge in [0.1, 0.15) is 0 Å². The minimum absolute atomic E-state index is 0.00638. The number of nitrogens with zero attached hydrogens (tertiary/aromatic N) is 1. The van der Waals surface area contributed by atoms with Gasteiger partial charge in [0.15, 0.2) is 0 Å². The van der Waals surface area contributed by atoms with Crippen LogP contribution in [0.3, 0.4) is 0 Å². The molecule has 2 heteroatoms. The first-order valence-corrected chi connectivity index (χ1v) is 10.8. The smallest absolute Gasteiger partial charge is 0.0967 e. The van der Waals surface area contributed by atoms with Gasteiger partial charge in [0.25, 0.3) is 0 Å². The van der Waals surface area contributed by atoms with Crippen LogP contribution in [0.25, 0.3) is 0 Å². The van der Waals surface area contributed by atoms with Crippen molar-refractivity contribution in [2.45, 2.75) is 77.2 Å². The molecule has 1 heterocycles. The molecule has 1 N–H and O–H groups in total. The van der Waals surface area contributed by atoms with Gasteiger partial charge >= 0.3 is 0 Å². The zero-order valence-electron chi connectivity index (χ0n) is 16.4. The second-order valence-corrected chi connectivity index (χ2v) is 10.1. The number of hydrogen-bond acceptors (Lipinski definition) is 2. The van der Waals surface area contributed by atoms with E-state index in [1.807, 2.05) is 18.5 Å². The lowest BCUT2D eigenvalue weighted by Crippen LogP contribution is -2.53. The predicted octanol–water partition coefficient (Wildman–Crippen LogP) is 5.62. The van der Waals surface area contributed by atoms with Gasteiger partial charge in [0.05, 0.1) is 5.60 Å². The van der Waals surface area contributed by atoms with Gasteiger partial charge < -0.3 is 5.11 Å². The summed E-state index contributed by atoms with van der Waals surface area (Å²) in [6.45, 7) is 4.95.